The molecule has 1 unspecified atom stereocenters. The quantitative estimate of drug-likeness (QED) is 0.894. The zero-order chi connectivity index (χ0) is 18.8. The number of nitrogens with zero attached hydrogens (tertiary/aromatic N) is 2. The molecule has 1 aliphatic rings. The van der Waals surface area contributed by atoms with Gasteiger partial charge in [0.15, 0.2) is 11.5 Å². The van der Waals surface area contributed by atoms with E-state index < -0.39 is 17.7 Å². The van der Waals surface area contributed by atoms with Gasteiger partial charge in [0.25, 0.3) is 5.91 Å². The molecular weight excluding hydrogens is 332 g/mol. The topological polar surface area (TPSA) is 79.7 Å². The van der Waals surface area contributed by atoms with Gasteiger partial charge in [0.1, 0.15) is 5.75 Å². The van der Waals surface area contributed by atoms with Crippen molar-refractivity contribution in [3.63, 3.8) is 0 Å². The number of carbonyl (C=O) groups is 2. The molecule has 6 heteroatoms. The maximum atomic E-state index is 12.8. The van der Waals surface area contributed by atoms with E-state index in [0.29, 0.717) is 17.0 Å². The van der Waals surface area contributed by atoms with Gasteiger partial charge in [-0.15, -0.1) is 0 Å². The minimum atomic E-state index is -0.715. The Morgan fingerprint density at radius 3 is 2.54 bits per heavy atom. The molecule has 0 bridgehead atoms. The van der Waals surface area contributed by atoms with Gasteiger partial charge < -0.3 is 9.84 Å². The lowest BCUT2D eigenvalue weighted by Gasteiger charge is -2.27. The van der Waals surface area contributed by atoms with Crippen LogP contribution in [0.4, 0.5) is 5.69 Å². The number of aliphatic hydroxyl groups is 1. The highest BCUT2D eigenvalue weighted by atomic mass is 16.5. The molecule has 0 fully saturated rings. The van der Waals surface area contributed by atoms with Crippen LogP contribution in [-0.4, -0.2) is 28.9 Å². The zero-order valence-corrected chi connectivity index (χ0v) is 14.8. The van der Waals surface area contributed by atoms with E-state index in [1.54, 1.807) is 62.6 Å². The summed E-state index contributed by atoms with van der Waals surface area (Å²) in [4.78, 5) is 31.0. The lowest BCUT2D eigenvalue weighted by Crippen LogP contribution is -2.31. The van der Waals surface area contributed by atoms with E-state index in [2.05, 4.69) is 4.98 Å². The summed E-state index contributed by atoms with van der Waals surface area (Å²) in [6, 6.07) is 9.71. The van der Waals surface area contributed by atoms with Crippen molar-refractivity contribution in [1.29, 1.82) is 0 Å². The van der Waals surface area contributed by atoms with Gasteiger partial charge in [0, 0.05) is 30.1 Å². The summed E-state index contributed by atoms with van der Waals surface area (Å²) in [7, 11) is 1.54. The van der Waals surface area contributed by atoms with Crippen molar-refractivity contribution in [3.05, 3.63) is 65.7 Å². The van der Waals surface area contributed by atoms with E-state index in [0.717, 1.165) is 0 Å². The molecule has 1 aromatic carbocycles. The van der Waals surface area contributed by atoms with Crippen LogP contribution in [0.25, 0.3) is 0 Å². The number of methoxy groups -OCH3 is 1. The Morgan fingerprint density at radius 1 is 1.23 bits per heavy atom. The summed E-state index contributed by atoms with van der Waals surface area (Å²) in [5.74, 6) is -1.15. The van der Waals surface area contributed by atoms with Crippen molar-refractivity contribution in [1.82, 2.24) is 4.98 Å². The highest BCUT2D eigenvalue weighted by molar-refractivity contribution is 6.16. The van der Waals surface area contributed by atoms with E-state index in [-0.39, 0.29) is 17.3 Å². The minimum Gasteiger partial charge on any atom is -0.503 e. The molecule has 1 amide bonds. The van der Waals surface area contributed by atoms with Gasteiger partial charge in [-0.05, 0) is 29.8 Å². The van der Waals surface area contributed by atoms with Crippen LogP contribution >= 0.6 is 0 Å². The zero-order valence-electron chi connectivity index (χ0n) is 14.8. The number of ketones is 1. The summed E-state index contributed by atoms with van der Waals surface area (Å²) in [5, 5.41) is 10.5. The first-order chi connectivity index (χ1) is 12.5. The fourth-order valence-corrected chi connectivity index (χ4v) is 3.06. The number of ether oxygens (including phenoxy) is 1. The number of benzene rings is 1. The molecule has 1 aliphatic heterocycles. The molecule has 1 N–H and O–H groups in total. The van der Waals surface area contributed by atoms with Crippen LogP contribution in [0.15, 0.2) is 60.1 Å². The molecule has 0 aliphatic carbocycles. The summed E-state index contributed by atoms with van der Waals surface area (Å²) >= 11 is 0. The standard InChI is InChI=1S/C20H20N2O4/c1-12(2)18(23)16-17(13-7-9-21-10-8-13)22(20(25)19(16)24)14-5-4-6-15(11-14)26-3/h4-12,17,24H,1-3H3. The maximum Gasteiger partial charge on any atom is 0.294 e. The van der Waals surface area contributed by atoms with Crippen molar-refractivity contribution in [3.8, 4) is 5.75 Å². The Bertz CT molecular complexity index is 874. The number of Topliss-reactive ketones (excluding diaryl/α,β-unsaturated/α-hetero) is 1. The lowest BCUT2D eigenvalue weighted by atomic mass is 9.91. The normalized spacial score (nSPS) is 17.2. The monoisotopic (exact) mass is 352 g/mol. The number of pyridine rings is 1. The second-order valence-electron chi connectivity index (χ2n) is 6.34. The third kappa shape index (κ3) is 2.94. The Kier molecular flexibility index (Phi) is 4.75. The van der Waals surface area contributed by atoms with Crippen molar-refractivity contribution >= 4 is 17.4 Å². The van der Waals surface area contributed by atoms with E-state index in [9.17, 15) is 14.7 Å². The first kappa shape index (κ1) is 17.7. The number of aliphatic hydroxyl groups excluding tert-OH is 1. The third-order valence-corrected chi connectivity index (χ3v) is 4.35. The Hall–Kier alpha value is -3.15. The van der Waals surface area contributed by atoms with Crippen LogP contribution in [0.3, 0.4) is 0 Å². The average molecular weight is 352 g/mol. The Morgan fingerprint density at radius 2 is 1.92 bits per heavy atom. The van der Waals surface area contributed by atoms with Crippen molar-refractivity contribution in [2.45, 2.75) is 19.9 Å². The number of amides is 1. The van der Waals surface area contributed by atoms with E-state index in [4.69, 9.17) is 4.74 Å². The fraction of sp³-hybridized carbons (Fsp3) is 0.250. The molecule has 0 radical (unpaired) electrons. The molecule has 0 spiro atoms. The Balaban J connectivity index is 2.18. The van der Waals surface area contributed by atoms with E-state index >= 15 is 0 Å². The molecule has 0 saturated heterocycles. The molecule has 6 nitrogen and oxygen atoms in total. The summed E-state index contributed by atoms with van der Waals surface area (Å²) in [5.41, 5.74) is 1.34. The third-order valence-electron chi connectivity index (χ3n) is 4.35. The van der Waals surface area contributed by atoms with Crippen LogP contribution < -0.4 is 9.64 Å². The molecule has 1 aromatic heterocycles. The van der Waals surface area contributed by atoms with Gasteiger partial charge in [0.2, 0.25) is 0 Å². The lowest BCUT2D eigenvalue weighted by molar-refractivity contribution is -0.119. The molecule has 0 saturated carbocycles. The summed E-state index contributed by atoms with van der Waals surface area (Å²) in [6.07, 6.45) is 3.19. The SMILES string of the molecule is COc1cccc(N2C(=O)C(O)=C(C(=O)C(C)C)C2c2ccncc2)c1. The molecule has 26 heavy (non-hydrogen) atoms. The second kappa shape index (κ2) is 7.00. The molecule has 3 rings (SSSR count). The van der Waals surface area contributed by atoms with Crippen molar-refractivity contribution in [2.75, 3.05) is 12.0 Å². The highest BCUT2D eigenvalue weighted by Crippen LogP contribution is 2.42. The van der Waals surface area contributed by atoms with Crippen molar-refractivity contribution < 1.29 is 19.4 Å². The predicted molar refractivity (Wildman–Crippen MR) is 97.0 cm³/mol. The van der Waals surface area contributed by atoms with Crippen LogP contribution in [0.5, 0.6) is 5.75 Å². The molecule has 1 atom stereocenters. The largest absolute Gasteiger partial charge is 0.503 e. The second-order valence-corrected chi connectivity index (χ2v) is 6.34. The number of rotatable bonds is 5. The van der Waals surface area contributed by atoms with Crippen LogP contribution in [0.1, 0.15) is 25.5 Å². The summed E-state index contributed by atoms with van der Waals surface area (Å²) in [6.45, 7) is 3.48. The molecule has 2 heterocycles. The molecule has 2 aromatic rings. The van der Waals surface area contributed by atoms with Crippen LogP contribution in [-0.2, 0) is 9.59 Å². The van der Waals surface area contributed by atoms with E-state index in [1.807, 2.05) is 0 Å². The van der Waals surface area contributed by atoms with Gasteiger partial charge in [-0.25, -0.2) is 0 Å². The van der Waals surface area contributed by atoms with Gasteiger partial charge in [0.05, 0.1) is 18.7 Å². The number of aromatic nitrogens is 1. The number of hydrogen-bond donors (Lipinski definition) is 1. The fourth-order valence-electron chi connectivity index (χ4n) is 3.06. The Labute approximate surface area is 151 Å². The first-order valence-corrected chi connectivity index (χ1v) is 8.30. The smallest absolute Gasteiger partial charge is 0.294 e. The van der Waals surface area contributed by atoms with Gasteiger partial charge in [-0.3, -0.25) is 19.5 Å². The first-order valence-electron chi connectivity index (χ1n) is 8.30. The molecule has 134 valence electrons. The maximum absolute atomic E-state index is 12.8. The van der Waals surface area contributed by atoms with Crippen LogP contribution in [0.2, 0.25) is 0 Å². The summed E-state index contributed by atoms with van der Waals surface area (Å²) < 4.78 is 5.24. The van der Waals surface area contributed by atoms with E-state index in [1.165, 1.54) is 12.0 Å². The molecular formula is C20H20N2O4. The number of carbonyl (C=O) groups excluding carboxylic acids is 2. The average Bonchev–Trinajstić information content (AvgIpc) is 2.93. The van der Waals surface area contributed by atoms with Gasteiger partial charge in [-0.2, -0.15) is 0 Å². The van der Waals surface area contributed by atoms with Crippen molar-refractivity contribution in [2.24, 2.45) is 5.92 Å². The predicted octanol–water partition coefficient (Wildman–Crippen LogP) is 3.22. The number of anilines is 1. The van der Waals surface area contributed by atoms with Gasteiger partial charge in [-0.1, -0.05) is 19.9 Å². The number of hydrogen-bond acceptors (Lipinski definition) is 5. The van der Waals surface area contributed by atoms with Gasteiger partial charge >= 0.3 is 0 Å². The highest BCUT2D eigenvalue weighted by Gasteiger charge is 2.44. The van der Waals surface area contributed by atoms with Crippen LogP contribution in [0, 0.1) is 5.92 Å². The minimum absolute atomic E-state index is 0.110.